The van der Waals surface area contributed by atoms with Gasteiger partial charge in [0.1, 0.15) is 36.4 Å². The largest absolute Gasteiger partial charge is 0.508 e. The second-order valence-corrected chi connectivity index (χ2v) is 17.5. The van der Waals surface area contributed by atoms with Gasteiger partial charge in [0.15, 0.2) is 6.10 Å². The van der Waals surface area contributed by atoms with Gasteiger partial charge in [-0.25, -0.2) is 14.4 Å². The van der Waals surface area contributed by atoms with Gasteiger partial charge < -0.3 is 49.8 Å². The van der Waals surface area contributed by atoms with Crippen LogP contribution in [0, 0.1) is 17.8 Å². The van der Waals surface area contributed by atoms with E-state index in [0.29, 0.717) is 12.0 Å². The third-order valence-electron chi connectivity index (χ3n) is 11.6. The summed E-state index contributed by atoms with van der Waals surface area (Å²) in [7, 11) is 2.82. The molecule has 5 amide bonds. The first-order chi connectivity index (χ1) is 31.1. The van der Waals surface area contributed by atoms with E-state index in [0.717, 1.165) is 10.5 Å². The lowest BCUT2D eigenvalue weighted by Gasteiger charge is -2.33. The van der Waals surface area contributed by atoms with E-state index in [-0.39, 0.29) is 50.4 Å². The van der Waals surface area contributed by atoms with Crippen LogP contribution in [0.4, 0.5) is 4.79 Å². The lowest BCUT2D eigenvalue weighted by molar-refractivity contribution is -0.155. The van der Waals surface area contributed by atoms with Crippen molar-refractivity contribution in [2.75, 3.05) is 33.9 Å². The molecule has 0 saturated carbocycles. The van der Waals surface area contributed by atoms with Gasteiger partial charge in [-0.1, -0.05) is 83.5 Å². The van der Waals surface area contributed by atoms with Crippen molar-refractivity contribution < 1.29 is 62.4 Å². The molecule has 1 heterocycles. The molecule has 9 atom stereocenters. The number of rotatable bonds is 11. The monoisotopic (exact) mass is 928 g/mol. The van der Waals surface area contributed by atoms with Gasteiger partial charge in [0, 0.05) is 51.5 Å². The summed E-state index contributed by atoms with van der Waals surface area (Å²) in [5, 5.41) is 17.2. The number of hydrogen-bond donors (Lipinski definition) is 4. The molecule has 2 rings (SSSR count). The quantitative estimate of drug-likeness (QED) is 0.107. The van der Waals surface area contributed by atoms with Gasteiger partial charge in [-0.2, -0.15) is 0 Å². The highest BCUT2D eigenvalue weighted by atomic mass is 16.7. The zero-order chi connectivity index (χ0) is 49.8. The van der Waals surface area contributed by atoms with Gasteiger partial charge in [-0.05, 0) is 64.0 Å². The summed E-state index contributed by atoms with van der Waals surface area (Å²) in [4.78, 5) is 112. The highest BCUT2D eigenvalue weighted by Crippen LogP contribution is 2.26. The molecule has 18 nitrogen and oxygen atoms in total. The number of carbonyl (C=O) groups excluding carboxylic acids is 8. The SMILES string of the molecule is C/C=C(\C)[C@H]1OC(=O)[C@@H](C)NC(=O)[C@H](C(C)CC)NC(=O)CN(C)C(=O)[C@@H](Cc2ccccc2)N(C)C(=O)[C@H](C)NC(=O)[C@@H](CC(C)C)OC(=O)/C(C)=C/C[C@H](OC(=O)OCCCO)[C@@H]1C. The minimum absolute atomic E-state index is 0.0540. The summed E-state index contributed by atoms with van der Waals surface area (Å²) >= 11 is 0. The molecular formula is C48H73N5O13. The molecule has 18 heteroatoms. The van der Waals surface area contributed by atoms with Crippen molar-refractivity contribution in [2.24, 2.45) is 17.8 Å². The van der Waals surface area contributed by atoms with Crippen LogP contribution in [-0.4, -0.2) is 139 Å². The number of nitrogens with one attached hydrogen (secondary N) is 3. The number of allylic oxidation sites excluding steroid dienone is 1. The second kappa shape index (κ2) is 27.6. The summed E-state index contributed by atoms with van der Waals surface area (Å²) in [5.41, 5.74) is 1.34. The number of aliphatic hydroxyl groups excluding tert-OH is 1. The van der Waals surface area contributed by atoms with Crippen LogP contribution in [0.25, 0.3) is 0 Å². The molecule has 0 aliphatic carbocycles. The third kappa shape index (κ3) is 17.5. The molecule has 0 spiro atoms. The summed E-state index contributed by atoms with van der Waals surface area (Å²) in [6.45, 7) is 15.8. The Hall–Kier alpha value is -5.78. The number of esters is 2. The Morgan fingerprint density at radius 1 is 0.924 bits per heavy atom. The van der Waals surface area contributed by atoms with E-state index in [1.54, 1.807) is 64.1 Å². The summed E-state index contributed by atoms with van der Waals surface area (Å²) in [5.74, 6) is -6.36. The first kappa shape index (κ1) is 56.3. The van der Waals surface area contributed by atoms with Gasteiger partial charge in [0.05, 0.1) is 13.2 Å². The molecular weight excluding hydrogens is 855 g/mol. The molecule has 66 heavy (non-hydrogen) atoms. The summed E-state index contributed by atoms with van der Waals surface area (Å²) < 4.78 is 22.6. The van der Waals surface area contributed by atoms with Crippen molar-refractivity contribution in [1.29, 1.82) is 0 Å². The molecule has 1 aromatic carbocycles. The van der Waals surface area contributed by atoms with Crippen molar-refractivity contribution in [3.8, 4) is 0 Å². The average Bonchev–Trinajstić information content (AvgIpc) is 3.28. The fourth-order valence-corrected chi connectivity index (χ4v) is 7.07. The molecule has 0 radical (unpaired) electrons. The number of aliphatic hydroxyl groups is 1. The Kier molecular flexibility index (Phi) is 23.6. The Balaban J connectivity index is 2.72. The lowest BCUT2D eigenvalue weighted by Crippen LogP contribution is -2.57. The zero-order valence-corrected chi connectivity index (χ0v) is 40.7. The fourth-order valence-electron chi connectivity index (χ4n) is 7.07. The van der Waals surface area contributed by atoms with Crippen LogP contribution >= 0.6 is 0 Å². The molecule has 1 aliphatic rings. The number of carbonyl (C=O) groups is 8. The topological polar surface area (TPSA) is 236 Å². The highest BCUT2D eigenvalue weighted by Gasteiger charge is 2.37. The van der Waals surface area contributed by atoms with Gasteiger partial charge >= 0.3 is 18.1 Å². The average molecular weight is 928 g/mol. The van der Waals surface area contributed by atoms with E-state index in [2.05, 4.69) is 16.0 Å². The number of likely N-dealkylation sites (N-methyl/N-ethyl adjacent to an activating group) is 2. The van der Waals surface area contributed by atoms with Gasteiger partial charge in [-0.3, -0.25) is 24.0 Å². The lowest BCUT2D eigenvalue weighted by atomic mass is 9.90. The van der Waals surface area contributed by atoms with E-state index in [1.807, 2.05) is 20.8 Å². The number of ether oxygens (including phenoxy) is 4. The number of hydrogen-bond acceptors (Lipinski definition) is 13. The van der Waals surface area contributed by atoms with Crippen LogP contribution in [0.5, 0.6) is 0 Å². The van der Waals surface area contributed by atoms with Crippen molar-refractivity contribution in [3.05, 3.63) is 59.2 Å². The first-order valence-electron chi connectivity index (χ1n) is 22.7. The molecule has 4 N–H and O–H groups in total. The predicted octanol–water partition coefficient (Wildman–Crippen LogP) is 3.78. The number of nitrogens with zero attached hydrogens (tertiary/aromatic N) is 2. The first-order valence-corrected chi connectivity index (χ1v) is 22.7. The second-order valence-electron chi connectivity index (χ2n) is 17.5. The van der Waals surface area contributed by atoms with E-state index in [4.69, 9.17) is 18.9 Å². The highest BCUT2D eigenvalue weighted by molar-refractivity contribution is 5.96. The maximum Gasteiger partial charge on any atom is 0.508 e. The van der Waals surface area contributed by atoms with E-state index < -0.39 is 108 Å². The molecule has 1 unspecified atom stereocenters. The molecule has 0 fully saturated rings. The van der Waals surface area contributed by atoms with Crippen LogP contribution in [0.2, 0.25) is 0 Å². The van der Waals surface area contributed by atoms with Crippen molar-refractivity contribution in [1.82, 2.24) is 25.8 Å². The standard InChI is InChI=1S/C48H73N5O13/c1-13-29(5)40-43(57)50-34(10)47(61)66-41(30(6)14-2)32(8)37(65-48(62)63-24-18-23-54)22-21-31(7)46(60)64-38(25-28(3)4)42(56)49-33(9)44(58)53(12)36(26-35-19-16-15-17-20-35)45(59)52(11)27-39(55)51-40/h14-17,19-21,28-29,32-34,36-38,40-41,54H,13,18,22-27H2,1-12H3,(H,49,56)(H,50,57)(H,51,55)/b30-14+,31-21+/t29?,32-,33-,34+,36+,37-,38+,40-,41+/m0/s1. The summed E-state index contributed by atoms with van der Waals surface area (Å²) in [6, 6.07) is 4.26. The van der Waals surface area contributed by atoms with E-state index in [1.165, 1.54) is 45.8 Å². The minimum atomic E-state index is -1.33. The number of amides is 5. The Bertz CT molecular complexity index is 1890. The zero-order valence-electron chi connectivity index (χ0n) is 40.7. The predicted molar refractivity (Wildman–Crippen MR) is 245 cm³/mol. The van der Waals surface area contributed by atoms with Crippen LogP contribution in [0.1, 0.15) is 100 Å². The van der Waals surface area contributed by atoms with Crippen LogP contribution < -0.4 is 16.0 Å². The third-order valence-corrected chi connectivity index (χ3v) is 11.6. The number of cyclic esters (lactones) is 2. The maximum atomic E-state index is 14.2. The van der Waals surface area contributed by atoms with Crippen LogP contribution in [0.3, 0.4) is 0 Å². The van der Waals surface area contributed by atoms with Gasteiger partial charge in [0.25, 0.3) is 5.91 Å². The van der Waals surface area contributed by atoms with E-state index >= 15 is 0 Å². The minimum Gasteiger partial charge on any atom is -0.456 e. The van der Waals surface area contributed by atoms with E-state index in [9.17, 15) is 43.5 Å². The summed E-state index contributed by atoms with van der Waals surface area (Å²) in [6.07, 6.45) is -0.682. The van der Waals surface area contributed by atoms with Crippen molar-refractivity contribution in [2.45, 2.75) is 144 Å². The smallest absolute Gasteiger partial charge is 0.456 e. The fraction of sp³-hybridized carbons (Fsp3) is 0.625. The van der Waals surface area contributed by atoms with Gasteiger partial charge in [-0.15, -0.1) is 0 Å². The number of benzene rings is 1. The Labute approximate surface area is 389 Å². The Morgan fingerprint density at radius 3 is 2.15 bits per heavy atom. The Morgan fingerprint density at radius 2 is 1.56 bits per heavy atom. The molecule has 1 aliphatic heterocycles. The van der Waals surface area contributed by atoms with Crippen LogP contribution in [0.15, 0.2) is 53.6 Å². The van der Waals surface area contributed by atoms with Crippen molar-refractivity contribution >= 4 is 47.6 Å². The van der Waals surface area contributed by atoms with Gasteiger partial charge in [0.2, 0.25) is 23.6 Å². The van der Waals surface area contributed by atoms with Crippen molar-refractivity contribution in [3.63, 3.8) is 0 Å². The molecule has 1 aromatic rings. The molecule has 0 aromatic heterocycles. The van der Waals surface area contributed by atoms with Crippen LogP contribution in [-0.2, 0) is 58.9 Å². The molecule has 0 saturated heterocycles. The molecule has 368 valence electrons. The maximum absolute atomic E-state index is 14.2. The molecule has 0 bridgehead atoms. The normalized spacial score (nSPS) is 26.8.